The number of rotatable bonds is 5. The molecule has 3 rings (SSSR count). The average molecular weight is 360 g/mol. The Balaban J connectivity index is 1.99. The molecule has 4 nitrogen and oxygen atoms in total. The Morgan fingerprint density at radius 1 is 1.23 bits per heavy atom. The van der Waals surface area contributed by atoms with Crippen LogP contribution in [0.15, 0.2) is 53.0 Å². The molecule has 0 aliphatic rings. The van der Waals surface area contributed by atoms with Crippen molar-refractivity contribution in [2.45, 2.75) is 19.6 Å². The molecule has 0 spiro atoms. The van der Waals surface area contributed by atoms with Gasteiger partial charge in [-0.1, -0.05) is 40.2 Å². The molecule has 0 fully saturated rings. The summed E-state index contributed by atoms with van der Waals surface area (Å²) in [5.74, 6) is 0.780. The van der Waals surface area contributed by atoms with Gasteiger partial charge in [-0.25, -0.2) is 4.98 Å². The van der Waals surface area contributed by atoms with Crippen LogP contribution < -0.4 is 5.32 Å². The van der Waals surface area contributed by atoms with E-state index in [0.717, 1.165) is 28.0 Å². The first-order valence-corrected chi connectivity index (χ1v) is 8.04. The molecule has 1 atom stereocenters. The van der Waals surface area contributed by atoms with E-state index in [1.165, 1.54) is 5.56 Å². The number of para-hydroxylation sites is 2. The minimum atomic E-state index is -0.417. The van der Waals surface area contributed by atoms with E-state index in [-0.39, 0.29) is 0 Å². The fourth-order valence-corrected chi connectivity index (χ4v) is 2.87. The van der Waals surface area contributed by atoms with Crippen molar-refractivity contribution in [1.29, 1.82) is 0 Å². The number of nitrogens with one attached hydrogen (secondary N) is 1. The third-order valence-corrected chi connectivity index (χ3v) is 3.93. The van der Waals surface area contributed by atoms with Crippen LogP contribution in [-0.4, -0.2) is 27.3 Å². The first-order valence-electron chi connectivity index (χ1n) is 7.25. The molecule has 0 aliphatic carbocycles. The van der Waals surface area contributed by atoms with E-state index in [1.807, 2.05) is 30.3 Å². The number of nitrogens with zero attached hydrogens (tertiary/aromatic N) is 2. The summed E-state index contributed by atoms with van der Waals surface area (Å²) in [6.07, 6.45) is -0.417. The lowest BCUT2D eigenvalue weighted by molar-refractivity contribution is 0.208. The Morgan fingerprint density at radius 2 is 2.05 bits per heavy atom. The minimum absolute atomic E-state index is 0.417. The second kappa shape index (κ2) is 6.50. The minimum Gasteiger partial charge on any atom is -0.392 e. The van der Waals surface area contributed by atoms with Gasteiger partial charge in [0.2, 0.25) is 5.95 Å². The lowest BCUT2D eigenvalue weighted by Crippen LogP contribution is -2.18. The van der Waals surface area contributed by atoms with E-state index in [9.17, 15) is 5.11 Å². The molecule has 1 aromatic heterocycles. The number of hydrogen-bond donors (Lipinski definition) is 2. The number of fused-ring (bicyclic) bond motifs is 1. The van der Waals surface area contributed by atoms with Gasteiger partial charge in [0.1, 0.15) is 0 Å². The quantitative estimate of drug-likeness (QED) is 0.731. The van der Waals surface area contributed by atoms with Crippen molar-refractivity contribution >= 4 is 32.9 Å². The van der Waals surface area contributed by atoms with E-state index in [4.69, 9.17) is 0 Å². The number of aliphatic hydroxyl groups is 1. The predicted octanol–water partition coefficient (Wildman–Crippen LogP) is 3.64. The smallest absolute Gasteiger partial charge is 0.204 e. The zero-order valence-corrected chi connectivity index (χ0v) is 13.9. The number of hydrogen-bond acceptors (Lipinski definition) is 3. The molecule has 0 radical (unpaired) electrons. The van der Waals surface area contributed by atoms with Gasteiger partial charge in [-0.2, -0.15) is 0 Å². The lowest BCUT2D eigenvalue weighted by atomic mass is 10.2. The maximum Gasteiger partial charge on any atom is 0.204 e. The van der Waals surface area contributed by atoms with Gasteiger partial charge < -0.3 is 15.0 Å². The summed E-state index contributed by atoms with van der Waals surface area (Å²) in [6.45, 7) is 2.96. The van der Waals surface area contributed by atoms with E-state index in [0.29, 0.717) is 6.54 Å². The van der Waals surface area contributed by atoms with Gasteiger partial charge in [0.15, 0.2) is 0 Å². The summed E-state index contributed by atoms with van der Waals surface area (Å²) < 4.78 is 3.20. The fraction of sp³-hybridized carbons (Fsp3) is 0.235. The molecule has 2 aromatic carbocycles. The van der Waals surface area contributed by atoms with Crippen LogP contribution in [0.3, 0.4) is 0 Å². The second-order valence-corrected chi connectivity index (χ2v) is 6.29. The molecule has 3 aromatic rings. The van der Waals surface area contributed by atoms with Crippen LogP contribution in [0.1, 0.15) is 12.5 Å². The zero-order valence-electron chi connectivity index (χ0n) is 12.3. The third-order valence-electron chi connectivity index (χ3n) is 3.44. The topological polar surface area (TPSA) is 50.1 Å². The number of aliphatic hydroxyl groups excluding tert-OH is 1. The monoisotopic (exact) mass is 359 g/mol. The van der Waals surface area contributed by atoms with Crippen LogP contribution in [-0.2, 0) is 6.54 Å². The highest BCUT2D eigenvalue weighted by atomic mass is 79.9. The average Bonchev–Trinajstić information content (AvgIpc) is 2.83. The molecule has 0 bridgehead atoms. The van der Waals surface area contributed by atoms with E-state index < -0.39 is 6.10 Å². The molecule has 5 heteroatoms. The number of aromatic nitrogens is 2. The molecule has 22 heavy (non-hydrogen) atoms. The van der Waals surface area contributed by atoms with Crippen LogP contribution in [0.25, 0.3) is 11.0 Å². The predicted molar refractivity (Wildman–Crippen MR) is 93.1 cm³/mol. The molecule has 114 valence electrons. The molecule has 0 aliphatic heterocycles. The third kappa shape index (κ3) is 3.31. The van der Waals surface area contributed by atoms with Gasteiger partial charge in [0.25, 0.3) is 0 Å². The summed E-state index contributed by atoms with van der Waals surface area (Å²) in [5.41, 5.74) is 3.22. The summed E-state index contributed by atoms with van der Waals surface area (Å²) >= 11 is 3.51. The molecule has 0 amide bonds. The molecular formula is C17H18BrN3O. The van der Waals surface area contributed by atoms with E-state index in [1.54, 1.807) is 6.92 Å². The van der Waals surface area contributed by atoms with Crippen LogP contribution in [0.4, 0.5) is 5.95 Å². The van der Waals surface area contributed by atoms with Crippen molar-refractivity contribution in [1.82, 2.24) is 9.55 Å². The van der Waals surface area contributed by atoms with Crippen LogP contribution >= 0.6 is 15.9 Å². The normalized spacial score (nSPS) is 12.5. The Labute approximate surface area is 137 Å². The summed E-state index contributed by atoms with van der Waals surface area (Å²) in [4.78, 5) is 4.63. The Bertz CT molecular complexity index is 782. The Kier molecular flexibility index (Phi) is 4.45. The number of halogens is 1. The number of imidazole rings is 1. The maximum absolute atomic E-state index is 9.50. The van der Waals surface area contributed by atoms with Gasteiger partial charge in [0, 0.05) is 11.0 Å². The highest BCUT2D eigenvalue weighted by Crippen LogP contribution is 2.22. The molecule has 2 N–H and O–H groups in total. The molecule has 1 heterocycles. The van der Waals surface area contributed by atoms with Crippen molar-refractivity contribution < 1.29 is 5.11 Å². The highest BCUT2D eigenvalue weighted by Gasteiger charge is 2.11. The molecule has 0 saturated carbocycles. The van der Waals surface area contributed by atoms with Gasteiger partial charge in [-0.3, -0.25) is 0 Å². The van der Waals surface area contributed by atoms with Crippen molar-refractivity contribution in [2.24, 2.45) is 0 Å². The summed E-state index contributed by atoms with van der Waals surface area (Å²) in [5, 5.41) is 12.7. The van der Waals surface area contributed by atoms with Gasteiger partial charge in [-0.05, 0) is 36.8 Å². The summed E-state index contributed by atoms with van der Waals surface area (Å²) in [6, 6.07) is 16.3. The van der Waals surface area contributed by atoms with Crippen molar-refractivity contribution in [2.75, 3.05) is 11.9 Å². The van der Waals surface area contributed by atoms with Gasteiger partial charge in [-0.15, -0.1) is 0 Å². The lowest BCUT2D eigenvalue weighted by Gasteiger charge is -2.12. The standard InChI is InChI=1S/C17H18BrN3O/c1-12(22)10-19-17-20-15-7-2-3-8-16(15)21(17)11-13-5-4-6-14(18)9-13/h2-9,12,22H,10-11H2,1H3,(H,19,20). The van der Waals surface area contributed by atoms with Crippen LogP contribution in [0.2, 0.25) is 0 Å². The molecule has 1 unspecified atom stereocenters. The van der Waals surface area contributed by atoms with Crippen molar-refractivity contribution in [3.05, 3.63) is 58.6 Å². The number of benzene rings is 2. The van der Waals surface area contributed by atoms with Gasteiger partial charge >= 0.3 is 0 Å². The second-order valence-electron chi connectivity index (χ2n) is 5.37. The SMILES string of the molecule is CC(O)CNc1nc2ccccc2n1Cc1cccc(Br)c1. The first-order chi connectivity index (χ1) is 10.6. The number of anilines is 1. The fourth-order valence-electron chi connectivity index (χ4n) is 2.43. The Hall–Kier alpha value is -1.85. The summed E-state index contributed by atoms with van der Waals surface area (Å²) in [7, 11) is 0. The van der Waals surface area contributed by atoms with E-state index >= 15 is 0 Å². The van der Waals surface area contributed by atoms with Crippen molar-refractivity contribution in [3.8, 4) is 0 Å². The molecular weight excluding hydrogens is 342 g/mol. The largest absolute Gasteiger partial charge is 0.392 e. The maximum atomic E-state index is 9.50. The van der Waals surface area contributed by atoms with E-state index in [2.05, 4.69) is 49.0 Å². The van der Waals surface area contributed by atoms with Gasteiger partial charge in [0.05, 0.1) is 23.7 Å². The highest BCUT2D eigenvalue weighted by molar-refractivity contribution is 9.10. The van der Waals surface area contributed by atoms with Crippen molar-refractivity contribution in [3.63, 3.8) is 0 Å². The first kappa shape index (κ1) is 15.1. The zero-order chi connectivity index (χ0) is 15.5. The van der Waals surface area contributed by atoms with Crippen LogP contribution in [0, 0.1) is 0 Å². The molecule has 0 saturated heterocycles. The Morgan fingerprint density at radius 3 is 2.82 bits per heavy atom. The van der Waals surface area contributed by atoms with Crippen LogP contribution in [0.5, 0.6) is 0 Å².